The van der Waals surface area contributed by atoms with Crippen molar-refractivity contribution in [3.8, 4) is 5.75 Å². The standard InChI is InChI=1S/C16H24FNO2/c1-12(2)11-18-9-7-15(19)16(8-10-18)20-14-5-3-13(17)4-6-14/h3-6,12,15-16,19H,7-11H2,1-2H3/t15-,16-/m0/s1. The van der Waals surface area contributed by atoms with Crippen LogP contribution in [0.4, 0.5) is 4.39 Å². The first-order chi connectivity index (χ1) is 9.54. The zero-order valence-electron chi connectivity index (χ0n) is 12.3. The molecule has 0 spiro atoms. The molecule has 0 unspecified atom stereocenters. The van der Waals surface area contributed by atoms with Gasteiger partial charge in [0.15, 0.2) is 0 Å². The van der Waals surface area contributed by atoms with Crippen molar-refractivity contribution in [2.75, 3.05) is 19.6 Å². The Balaban J connectivity index is 1.92. The van der Waals surface area contributed by atoms with Crippen molar-refractivity contribution in [3.05, 3.63) is 30.1 Å². The van der Waals surface area contributed by atoms with Gasteiger partial charge in [-0.1, -0.05) is 13.8 Å². The largest absolute Gasteiger partial charge is 0.488 e. The van der Waals surface area contributed by atoms with Gasteiger partial charge in [0, 0.05) is 19.6 Å². The van der Waals surface area contributed by atoms with Gasteiger partial charge in [-0.25, -0.2) is 4.39 Å². The number of hydrogen-bond donors (Lipinski definition) is 1. The summed E-state index contributed by atoms with van der Waals surface area (Å²) in [4.78, 5) is 2.38. The van der Waals surface area contributed by atoms with Crippen molar-refractivity contribution >= 4 is 0 Å². The average molecular weight is 281 g/mol. The molecule has 0 bridgehead atoms. The highest BCUT2D eigenvalue weighted by molar-refractivity contribution is 5.22. The van der Waals surface area contributed by atoms with Crippen molar-refractivity contribution in [2.45, 2.75) is 38.9 Å². The Labute approximate surface area is 120 Å². The topological polar surface area (TPSA) is 32.7 Å². The van der Waals surface area contributed by atoms with E-state index in [1.165, 1.54) is 12.1 Å². The highest BCUT2D eigenvalue weighted by Crippen LogP contribution is 2.20. The van der Waals surface area contributed by atoms with Gasteiger partial charge in [-0.15, -0.1) is 0 Å². The number of ether oxygens (including phenoxy) is 1. The first kappa shape index (κ1) is 15.3. The van der Waals surface area contributed by atoms with Crippen molar-refractivity contribution in [2.24, 2.45) is 5.92 Å². The van der Waals surface area contributed by atoms with Gasteiger partial charge in [-0.2, -0.15) is 0 Å². The molecule has 1 fully saturated rings. The number of halogens is 1. The summed E-state index contributed by atoms with van der Waals surface area (Å²) in [6.07, 6.45) is 0.846. The van der Waals surface area contributed by atoms with Crippen LogP contribution in [0.1, 0.15) is 26.7 Å². The fourth-order valence-electron chi connectivity index (χ4n) is 2.64. The van der Waals surface area contributed by atoms with Gasteiger partial charge in [0.05, 0.1) is 6.10 Å². The maximum Gasteiger partial charge on any atom is 0.126 e. The summed E-state index contributed by atoms with van der Waals surface area (Å²) < 4.78 is 18.7. The van der Waals surface area contributed by atoms with E-state index in [2.05, 4.69) is 18.7 Å². The van der Waals surface area contributed by atoms with Crippen LogP contribution in [-0.4, -0.2) is 41.8 Å². The summed E-state index contributed by atoms with van der Waals surface area (Å²) in [6.45, 7) is 7.29. The van der Waals surface area contributed by atoms with Gasteiger partial charge in [0.1, 0.15) is 17.7 Å². The Kier molecular flexibility index (Phi) is 5.38. The SMILES string of the molecule is CC(C)CN1CC[C@H](Oc2ccc(F)cc2)[C@@H](O)CC1. The van der Waals surface area contributed by atoms with Gasteiger partial charge in [-0.3, -0.25) is 0 Å². The van der Waals surface area contributed by atoms with Gasteiger partial charge >= 0.3 is 0 Å². The van der Waals surface area contributed by atoms with E-state index in [0.29, 0.717) is 11.7 Å². The van der Waals surface area contributed by atoms with E-state index >= 15 is 0 Å². The molecule has 1 aromatic rings. The second kappa shape index (κ2) is 7.04. The molecule has 1 heterocycles. The van der Waals surface area contributed by atoms with Crippen LogP contribution >= 0.6 is 0 Å². The fraction of sp³-hybridized carbons (Fsp3) is 0.625. The van der Waals surface area contributed by atoms with Gasteiger partial charge < -0.3 is 14.7 Å². The Morgan fingerprint density at radius 2 is 1.90 bits per heavy atom. The summed E-state index contributed by atoms with van der Waals surface area (Å²) in [5.74, 6) is 0.969. The Bertz CT molecular complexity index is 407. The zero-order chi connectivity index (χ0) is 14.5. The third kappa shape index (κ3) is 4.46. The van der Waals surface area contributed by atoms with E-state index in [4.69, 9.17) is 4.74 Å². The predicted octanol–water partition coefficient (Wildman–Crippen LogP) is 2.69. The van der Waals surface area contributed by atoms with Crippen LogP contribution < -0.4 is 4.74 Å². The molecule has 1 aliphatic heterocycles. The molecule has 20 heavy (non-hydrogen) atoms. The molecule has 1 saturated heterocycles. The molecule has 0 radical (unpaired) electrons. The number of hydrogen-bond acceptors (Lipinski definition) is 3. The molecule has 3 nitrogen and oxygen atoms in total. The third-order valence-electron chi connectivity index (χ3n) is 3.62. The summed E-state index contributed by atoms with van der Waals surface area (Å²) in [5.41, 5.74) is 0. The lowest BCUT2D eigenvalue weighted by molar-refractivity contribution is 0.0349. The zero-order valence-corrected chi connectivity index (χ0v) is 12.3. The molecule has 1 aromatic carbocycles. The quantitative estimate of drug-likeness (QED) is 0.921. The molecular weight excluding hydrogens is 257 g/mol. The number of rotatable bonds is 4. The molecule has 0 aliphatic carbocycles. The smallest absolute Gasteiger partial charge is 0.126 e. The lowest BCUT2D eigenvalue weighted by Crippen LogP contribution is -2.31. The number of benzene rings is 1. The van der Waals surface area contributed by atoms with Gasteiger partial charge in [-0.05, 0) is 43.0 Å². The minimum absolute atomic E-state index is 0.211. The van der Waals surface area contributed by atoms with Crippen molar-refractivity contribution in [1.29, 1.82) is 0 Å². The molecule has 4 heteroatoms. The number of nitrogens with zero attached hydrogens (tertiary/aromatic N) is 1. The Morgan fingerprint density at radius 1 is 1.25 bits per heavy atom. The first-order valence-electron chi connectivity index (χ1n) is 7.37. The van der Waals surface area contributed by atoms with E-state index in [0.717, 1.165) is 32.5 Å². The average Bonchev–Trinajstić information content (AvgIpc) is 2.56. The Morgan fingerprint density at radius 3 is 2.55 bits per heavy atom. The number of aliphatic hydroxyl groups excluding tert-OH is 1. The molecule has 0 amide bonds. The second-order valence-corrected chi connectivity index (χ2v) is 5.95. The predicted molar refractivity (Wildman–Crippen MR) is 77.3 cm³/mol. The minimum atomic E-state index is -0.461. The summed E-state index contributed by atoms with van der Waals surface area (Å²) in [5, 5.41) is 10.2. The number of likely N-dealkylation sites (tertiary alicyclic amines) is 1. The molecule has 2 atom stereocenters. The van der Waals surface area contributed by atoms with Crippen LogP contribution in [0.2, 0.25) is 0 Å². The molecule has 2 rings (SSSR count). The van der Waals surface area contributed by atoms with Gasteiger partial charge in [0.25, 0.3) is 0 Å². The number of aliphatic hydroxyl groups is 1. The first-order valence-corrected chi connectivity index (χ1v) is 7.37. The van der Waals surface area contributed by atoms with E-state index in [1.54, 1.807) is 12.1 Å². The molecule has 112 valence electrons. The minimum Gasteiger partial charge on any atom is -0.488 e. The normalized spacial score (nSPS) is 24.6. The van der Waals surface area contributed by atoms with Crippen LogP contribution in [0.25, 0.3) is 0 Å². The monoisotopic (exact) mass is 281 g/mol. The van der Waals surface area contributed by atoms with Crippen LogP contribution in [-0.2, 0) is 0 Å². The highest BCUT2D eigenvalue weighted by atomic mass is 19.1. The van der Waals surface area contributed by atoms with E-state index in [-0.39, 0.29) is 11.9 Å². The molecule has 1 aliphatic rings. The lowest BCUT2D eigenvalue weighted by Gasteiger charge is -2.22. The lowest BCUT2D eigenvalue weighted by atomic mass is 10.1. The van der Waals surface area contributed by atoms with Crippen molar-refractivity contribution in [1.82, 2.24) is 4.90 Å². The van der Waals surface area contributed by atoms with Crippen molar-refractivity contribution in [3.63, 3.8) is 0 Å². The molecular formula is C16H24FNO2. The highest BCUT2D eigenvalue weighted by Gasteiger charge is 2.26. The summed E-state index contributed by atoms with van der Waals surface area (Å²) in [7, 11) is 0. The van der Waals surface area contributed by atoms with Crippen molar-refractivity contribution < 1.29 is 14.2 Å². The van der Waals surface area contributed by atoms with Crippen LogP contribution in [0.15, 0.2) is 24.3 Å². The van der Waals surface area contributed by atoms with Crippen LogP contribution in [0, 0.1) is 11.7 Å². The maximum absolute atomic E-state index is 12.9. The van der Waals surface area contributed by atoms with Crippen LogP contribution in [0.5, 0.6) is 5.75 Å². The summed E-state index contributed by atoms with van der Waals surface area (Å²) in [6, 6.07) is 5.98. The van der Waals surface area contributed by atoms with Gasteiger partial charge in [0.2, 0.25) is 0 Å². The Hall–Kier alpha value is -1.13. The maximum atomic E-state index is 12.9. The summed E-state index contributed by atoms with van der Waals surface area (Å²) >= 11 is 0. The second-order valence-electron chi connectivity index (χ2n) is 5.95. The van der Waals surface area contributed by atoms with E-state index in [1.807, 2.05) is 0 Å². The molecule has 0 saturated carbocycles. The van der Waals surface area contributed by atoms with E-state index < -0.39 is 6.10 Å². The fourth-order valence-corrected chi connectivity index (χ4v) is 2.64. The van der Waals surface area contributed by atoms with E-state index in [9.17, 15) is 9.50 Å². The van der Waals surface area contributed by atoms with Crippen LogP contribution in [0.3, 0.4) is 0 Å². The molecule has 0 aromatic heterocycles. The molecule has 1 N–H and O–H groups in total. The third-order valence-corrected chi connectivity index (χ3v) is 3.62.